The molecule has 0 aliphatic carbocycles. The topological polar surface area (TPSA) is 82.9 Å². The van der Waals surface area contributed by atoms with Gasteiger partial charge < -0.3 is 19.5 Å². The number of benzene rings is 1. The molecule has 26 heavy (non-hydrogen) atoms. The van der Waals surface area contributed by atoms with Crippen LogP contribution in [0.25, 0.3) is 0 Å². The largest absolute Gasteiger partial charge is 0.459 e. The van der Waals surface area contributed by atoms with E-state index in [1.807, 2.05) is 26.0 Å². The number of furan rings is 1. The highest BCUT2D eigenvalue weighted by Crippen LogP contribution is 2.18. The molecule has 0 atom stereocenters. The Hall–Kier alpha value is -3.09. The number of rotatable bonds is 2. The van der Waals surface area contributed by atoms with E-state index in [4.69, 9.17) is 4.42 Å². The van der Waals surface area contributed by atoms with E-state index in [1.54, 1.807) is 23.1 Å². The number of anilines is 1. The summed E-state index contributed by atoms with van der Waals surface area (Å²) in [5, 5.41) is 2.68. The summed E-state index contributed by atoms with van der Waals surface area (Å²) in [6.45, 7) is 5.19. The van der Waals surface area contributed by atoms with Crippen LogP contribution in [0.4, 0.5) is 5.69 Å². The van der Waals surface area contributed by atoms with Gasteiger partial charge in [0.15, 0.2) is 5.76 Å². The Balaban J connectivity index is 1.57. The predicted molar refractivity (Wildman–Crippen MR) is 95.7 cm³/mol. The maximum Gasteiger partial charge on any atom is 0.313 e. The van der Waals surface area contributed by atoms with Crippen molar-refractivity contribution < 1.29 is 18.8 Å². The summed E-state index contributed by atoms with van der Waals surface area (Å²) in [4.78, 5) is 40.0. The molecule has 1 fully saturated rings. The van der Waals surface area contributed by atoms with Crippen molar-refractivity contribution in [1.82, 2.24) is 9.80 Å². The van der Waals surface area contributed by atoms with Crippen LogP contribution < -0.4 is 5.32 Å². The van der Waals surface area contributed by atoms with E-state index in [0.29, 0.717) is 31.9 Å². The summed E-state index contributed by atoms with van der Waals surface area (Å²) in [5.74, 6) is -1.18. The van der Waals surface area contributed by atoms with Crippen molar-refractivity contribution in [2.75, 3.05) is 31.5 Å². The molecule has 1 saturated heterocycles. The highest BCUT2D eigenvalue weighted by Gasteiger charge is 2.29. The summed E-state index contributed by atoms with van der Waals surface area (Å²) in [6, 6.07) is 8.82. The second kappa shape index (κ2) is 7.43. The summed E-state index contributed by atoms with van der Waals surface area (Å²) in [7, 11) is 0. The minimum Gasteiger partial charge on any atom is -0.459 e. The second-order valence-electron chi connectivity index (χ2n) is 6.26. The van der Waals surface area contributed by atoms with Crippen molar-refractivity contribution in [3.8, 4) is 0 Å². The molecule has 0 radical (unpaired) electrons. The average Bonchev–Trinajstić information content (AvgIpc) is 3.19. The third-order valence-electron chi connectivity index (χ3n) is 4.63. The van der Waals surface area contributed by atoms with Gasteiger partial charge in [-0.3, -0.25) is 14.4 Å². The maximum atomic E-state index is 12.4. The number of nitrogens with zero attached hydrogens (tertiary/aromatic N) is 2. The number of carbonyl (C=O) groups is 3. The Morgan fingerprint density at radius 1 is 0.962 bits per heavy atom. The molecular weight excluding hydrogens is 334 g/mol. The number of hydrogen-bond donors (Lipinski definition) is 1. The first-order valence-electron chi connectivity index (χ1n) is 8.46. The van der Waals surface area contributed by atoms with Crippen molar-refractivity contribution in [1.29, 1.82) is 0 Å². The van der Waals surface area contributed by atoms with Crippen molar-refractivity contribution in [2.24, 2.45) is 0 Å². The van der Waals surface area contributed by atoms with Crippen LogP contribution in [0.3, 0.4) is 0 Å². The summed E-state index contributed by atoms with van der Waals surface area (Å²) >= 11 is 0. The Labute approximate surface area is 151 Å². The molecule has 7 nitrogen and oxygen atoms in total. The Kier molecular flexibility index (Phi) is 5.06. The fourth-order valence-corrected chi connectivity index (χ4v) is 2.87. The van der Waals surface area contributed by atoms with Crippen LogP contribution in [-0.2, 0) is 9.59 Å². The van der Waals surface area contributed by atoms with Gasteiger partial charge in [-0.15, -0.1) is 0 Å². The van der Waals surface area contributed by atoms with Crippen molar-refractivity contribution in [3.05, 3.63) is 53.5 Å². The molecule has 3 amide bonds. The molecule has 0 saturated carbocycles. The zero-order chi connectivity index (χ0) is 18.7. The van der Waals surface area contributed by atoms with E-state index in [9.17, 15) is 14.4 Å². The van der Waals surface area contributed by atoms with Gasteiger partial charge in [0.1, 0.15) is 0 Å². The highest BCUT2D eigenvalue weighted by atomic mass is 16.3. The van der Waals surface area contributed by atoms with Crippen molar-refractivity contribution in [3.63, 3.8) is 0 Å². The summed E-state index contributed by atoms with van der Waals surface area (Å²) < 4.78 is 5.11. The molecule has 0 spiro atoms. The smallest absolute Gasteiger partial charge is 0.313 e. The molecule has 1 aliphatic rings. The van der Waals surface area contributed by atoms with Gasteiger partial charge in [0, 0.05) is 31.9 Å². The zero-order valence-corrected chi connectivity index (χ0v) is 14.8. The standard InChI is InChI=1S/C19H21N3O4/c1-13-5-3-6-15(14(13)2)20-17(23)19(25)22-10-8-21(9-11-22)18(24)16-7-4-12-26-16/h3-7,12H,8-11H2,1-2H3,(H,20,23). The minimum atomic E-state index is -0.662. The molecule has 7 heteroatoms. The van der Waals surface area contributed by atoms with Crippen LogP contribution in [0.2, 0.25) is 0 Å². The van der Waals surface area contributed by atoms with Crippen LogP contribution in [0.1, 0.15) is 21.7 Å². The normalized spacial score (nSPS) is 14.2. The van der Waals surface area contributed by atoms with Crippen molar-refractivity contribution in [2.45, 2.75) is 13.8 Å². The Morgan fingerprint density at radius 2 is 1.65 bits per heavy atom. The summed E-state index contributed by atoms with van der Waals surface area (Å²) in [6.07, 6.45) is 1.45. The lowest BCUT2D eigenvalue weighted by molar-refractivity contribution is -0.144. The van der Waals surface area contributed by atoms with E-state index >= 15 is 0 Å². The minimum absolute atomic E-state index is 0.207. The summed E-state index contributed by atoms with van der Waals surface area (Å²) in [5.41, 5.74) is 2.61. The SMILES string of the molecule is Cc1cccc(NC(=O)C(=O)N2CCN(C(=O)c3ccco3)CC2)c1C. The number of amides is 3. The maximum absolute atomic E-state index is 12.4. The van der Waals surface area contributed by atoms with E-state index in [0.717, 1.165) is 11.1 Å². The van der Waals surface area contributed by atoms with Gasteiger partial charge in [-0.05, 0) is 43.2 Å². The van der Waals surface area contributed by atoms with E-state index in [2.05, 4.69) is 5.32 Å². The molecule has 2 heterocycles. The molecule has 1 N–H and O–H groups in total. The zero-order valence-electron chi connectivity index (χ0n) is 14.8. The fourth-order valence-electron chi connectivity index (χ4n) is 2.87. The fraction of sp³-hybridized carbons (Fsp3) is 0.316. The van der Waals surface area contributed by atoms with Gasteiger partial charge in [-0.25, -0.2) is 0 Å². The van der Waals surface area contributed by atoms with Gasteiger partial charge >= 0.3 is 11.8 Å². The lowest BCUT2D eigenvalue weighted by atomic mass is 10.1. The molecule has 0 unspecified atom stereocenters. The van der Waals surface area contributed by atoms with Crippen molar-refractivity contribution >= 4 is 23.4 Å². The van der Waals surface area contributed by atoms with Gasteiger partial charge in [-0.2, -0.15) is 0 Å². The quantitative estimate of drug-likeness (QED) is 0.833. The molecule has 136 valence electrons. The molecule has 1 aliphatic heterocycles. The highest BCUT2D eigenvalue weighted by molar-refractivity contribution is 6.39. The first kappa shape index (κ1) is 17.7. The average molecular weight is 355 g/mol. The van der Waals surface area contributed by atoms with E-state index in [-0.39, 0.29) is 11.7 Å². The van der Waals surface area contributed by atoms with Crippen LogP contribution in [-0.4, -0.2) is 53.7 Å². The van der Waals surface area contributed by atoms with Gasteiger partial charge in [0.2, 0.25) is 0 Å². The number of piperazine rings is 1. The number of carbonyl (C=O) groups excluding carboxylic acids is 3. The molecule has 2 aromatic rings. The molecule has 1 aromatic carbocycles. The Bertz CT molecular complexity index is 821. The predicted octanol–water partition coefficient (Wildman–Crippen LogP) is 1.82. The van der Waals surface area contributed by atoms with Crippen LogP contribution in [0, 0.1) is 13.8 Å². The molecular formula is C19H21N3O4. The lowest BCUT2D eigenvalue weighted by Crippen LogP contribution is -2.53. The van der Waals surface area contributed by atoms with Gasteiger partial charge in [-0.1, -0.05) is 12.1 Å². The molecule has 1 aromatic heterocycles. The lowest BCUT2D eigenvalue weighted by Gasteiger charge is -2.33. The third-order valence-corrected chi connectivity index (χ3v) is 4.63. The Morgan fingerprint density at radius 3 is 2.31 bits per heavy atom. The monoisotopic (exact) mass is 355 g/mol. The van der Waals surface area contributed by atoms with Crippen LogP contribution in [0.15, 0.2) is 41.0 Å². The van der Waals surface area contributed by atoms with Gasteiger partial charge in [0.25, 0.3) is 5.91 Å². The third kappa shape index (κ3) is 3.61. The molecule has 3 rings (SSSR count). The number of nitrogens with one attached hydrogen (secondary N) is 1. The van der Waals surface area contributed by atoms with E-state index < -0.39 is 11.8 Å². The second-order valence-corrected chi connectivity index (χ2v) is 6.26. The van der Waals surface area contributed by atoms with Crippen LogP contribution in [0.5, 0.6) is 0 Å². The first-order chi connectivity index (χ1) is 12.5. The number of hydrogen-bond acceptors (Lipinski definition) is 4. The van der Waals surface area contributed by atoms with Crippen LogP contribution >= 0.6 is 0 Å². The van der Waals surface area contributed by atoms with E-state index in [1.165, 1.54) is 11.2 Å². The molecule has 0 bridgehead atoms. The first-order valence-corrected chi connectivity index (χ1v) is 8.46. The van der Waals surface area contributed by atoms with Gasteiger partial charge in [0.05, 0.1) is 6.26 Å². The number of aryl methyl sites for hydroxylation is 1.